The molecule has 7 heteroatoms. The van der Waals surface area contributed by atoms with E-state index in [1.54, 1.807) is 11.3 Å². The van der Waals surface area contributed by atoms with Gasteiger partial charge >= 0.3 is 0 Å². The van der Waals surface area contributed by atoms with Gasteiger partial charge in [-0.2, -0.15) is 5.10 Å². The first-order valence-corrected chi connectivity index (χ1v) is 11.0. The molecule has 1 aliphatic heterocycles. The van der Waals surface area contributed by atoms with Crippen LogP contribution < -0.4 is 5.73 Å². The number of nitrogens with zero attached hydrogens (tertiary/aromatic N) is 3. The number of amides is 1. The maximum Gasteiger partial charge on any atom is 0.246 e. The highest BCUT2D eigenvalue weighted by atomic mass is 127. The Morgan fingerprint density at radius 3 is 2.89 bits per heavy atom. The van der Waals surface area contributed by atoms with Crippen LogP contribution in [0.2, 0.25) is 0 Å². The fourth-order valence-corrected chi connectivity index (χ4v) is 5.89. The van der Waals surface area contributed by atoms with E-state index in [-0.39, 0.29) is 11.8 Å². The summed E-state index contributed by atoms with van der Waals surface area (Å²) in [5.41, 5.74) is 10.7. The van der Waals surface area contributed by atoms with Crippen molar-refractivity contribution < 1.29 is 4.79 Å². The quantitative estimate of drug-likeness (QED) is 0.421. The van der Waals surface area contributed by atoms with Crippen LogP contribution >= 0.6 is 33.9 Å². The Hall–Kier alpha value is -2.13. The molecule has 1 aliphatic rings. The minimum absolute atomic E-state index is 0.0325. The summed E-state index contributed by atoms with van der Waals surface area (Å²) < 4.78 is 3.09. The molecule has 3 heterocycles. The van der Waals surface area contributed by atoms with Crippen LogP contribution in [0.3, 0.4) is 0 Å². The number of fused-ring (bicyclic) bond motifs is 1. The van der Waals surface area contributed by atoms with E-state index in [2.05, 4.69) is 52.5 Å². The standard InChI is InChI=1S/C21H21IN4OS/c1-3-20(27)25-10-16(15-9-19(22)28-18(15)12-25)13-7-5-6-8-14(13)17-11-26(4-2)24-21(17)23/h3,5-9,11,16H,1,4,10,12H2,2H3,(H2,23,24). The molecular formula is C21H21IN4OS. The van der Waals surface area contributed by atoms with Crippen LogP contribution in [0.15, 0.2) is 49.2 Å². The summed E-state index contributed by atoms with van der Waals surface area (Å²) in [6.45, 7) is 7.75. The molecule has 1 unspecified atom stereocenters. The molecular weight excluding hydrogens is 483 g/mol. The smallest absolute Gasteiger partial charge is 0.246 e. The first-order valence-electron chi connectivity index (χ1n) is 9.13. The molecule has 0 radical (unpaired) electrons. The van der Waals surface area contributed by atoms with E-state index in [1.807, 2.05) is 34.8 Å². The second-order valence-electron chi connectivity index (χ2n) is 6.78. The molecule has 1 atom stereocenters. The van der Waals surface area contributed by atoms with Crippen molar-refractivity contribution in [2.24, 2.45) is 0 Å². The lowest BCUT2D eigenvalue weighted by molar-refractivity contribution is -0.127. The third kappa shape index (κ3) is 3.37. The molecule has 0 spiro atoms. The zero-order valence-electron chi connectivity index (χ0n) is 15.6. The zero-order valence-corrected chi connectivity index (χ0v) is 18.5. The lowest BCUT2D eigenvalue weighted by Gasteiger charge is -2.33. The van der Waals surface area contributed by atoms with Crippen LogP contribution in [0.1, 0.15) is 28.8 Å². The van der Waals surface area contributed by atoms with E-state index in [1.165, 1.54) is 25.0 Å². The number of thiophene rings is 1. The summed E-state index contributed by atoms with van der Waals surface area (Å²) in [4.78, 5) is 15.5. The van der Waals surface area contributed by atoms with Gasteiger partial charge in [-0.25, -0.2) is 0 Å². The van der Waals surface area contributed by atoms with Gasteiger partial charge in [0.25, 0.3) is 0 Å². The summed E-state index contributed by atoms with van der Waals surface area (Å²) in [5, 5.41) is 4.41. The number of carbonyl (C=O) groups is 1. The topological polar surface area (TPSA) is 64.2 Å². The average molecular weight is 504 g/mol. The molecule has 144 valence electrons. The van der Waals surface area contributed by atoms with Crippen LogP contribution in [0.25, 0.3) is 11.1 Å². The van der Waals surface area contributed by atoms with Gasteiger partial charge < -0.3 is 10.6 Å². The molecule has 3 aromatic rings. The van der Waals surface area contributed by atoms with Crippen LogP contribution in [-0.2, 0) is 17.9 Å². The molecule has 0 fully saturated rings. The Balaban J connectivity index is 1.85. The third-order valence-electron chi connectivity index (χ3n) is 5.15. The van der Waals surface area contributed by atoms with Gasteiger partial charge in [-0.3, -0.25) is 9.48 Å². The van der Waals surface area contributed by atoms with Crippen molar-refractivity contribution in [1.82, 2.24) is 14.7 Å². The maximum atomic E-state index is 12.4. The predicted octanol–water partition coefficient (Wildman–Crippen LogP) is 4.48. The molecule has 1 amide bonds. The van der Waals surface area contributed by atoms with Crippen LogP contribution in [0.4, 0.5) is 5.82 Å². The van der Waals surface area contributed by atoms with Crippen molar-refractivity contribution >= 4 is 45.7 Å². The van der Waals surface area contributed by atoms with Gasteiger partial charge in [-0.05, 0) is 58.3 Å². The van der Waals surface area contributed by atoms with Gasteiger partial charge in [0.1, 0.15) is 0 Å². The number of aryl methyl sites for hydroxylation is 1. The van der Waals surface area contributed by atoms with E-state index in [4.69, 9.17) is 5.73 Å². The van der Waals surface area contributed by atoms with Crippen molar-refractivity contribution in [3.8, 4) is 11.1 Å². The fourth-order valence-electron chi connectivity index (χ4n) is 3.80. The third-order valence-corrected chi connectivity index (χ3v) is 7.05. The molecule has 0 aliphatic carbocycles. The minimum Gasteiger partial charge on any atom is -0.382 e. The van der Waals surface area contributed by atoms with Gasteiger partial charge in [-0.1, -0.05) is 30.8 Å². The van der Waals surface area contributed by atoms with E-state index >= 15 is 0 Å². The number of rotatable bonds is 4. The lowest BCUT2D eigenvalue weighted by atomic mass is 9.84. The number of anilines is 1. The lowest BCUT2D eigenvalue weighted by Crippen LogP contribution is -2.37. The van der Waals surface area contributed by atoms with E-state index in [9.17, 15) is 4.79 Å². The summed E-state index contributed by atoms with van der Waals surface area (Å²) in [7, 11) is 0. The first kappa shape index (κ1) is 19.2. The van der Waals surface area contributed by atoms with Gasteiger partial charge in [0, 0.05) is 35.6 Å². The maximum absolute atomic E-state index is 12.4. The summed E-state index contributed by atoms with van der Waals surface area (Å²) in [6.07, 6.45) is 3.40. The van der Waals surface area contributed by atoms with Crippen molar-refractivity contribution in [3.63, 3.8) is 0 Å². The molecule has 0 bridgehead atoms. The van der Waals surface area contributed by atoms with Crippen molar-refractivity contribution in [1.29, 1.82) is 0 Å². The van der Waals surface area contributed by atoms with Crippen LogP contribution in [-0.4, -0.2) is 27.1 Å². The van der Waals surface area contributed by atoms with E-state index < -0.39 is 0 Å². The van der Waals surface area contributed by atoms with Gasteiger partial charge in [-0.15, -0.1) is 11.3 Å². The number of aromatic nitrogens is 2. The number of hydrogen-bond donors (Lipinski definition) is 1. The monoisotopic (exact) mass is 504 g/mol. The highest BCUT2D eigenvalue weighted by molar-refractivity contribution is 14.1. The molecule has 2 aromatic heterocycles. The largest absolute Gasteiger partial charge is 0.382 e. The summed E-state index contributed by atoms with van der Waals surface area (Å²) >= 11 is 4.11. The molecule has 1 aromatic carbocycles. The van der Waals surface area contributed by atoms with Crippen molar-refractivity contribution in [3.05, 3.63) is 68.1 Å². The molecule has 2 N–H and O–H groups in total. The molecule has 28 heavy (non-hydrogen) atoms. The number of nitrogens with two attached hydrogens (primary N) is 1. The highest BCUT2D eigenvalue weighted by Crippen LogP contribution is 2.42. The van der Waals surface area contributed by atoms with Crippen molar-refractivity contribution in [2.75, 3.05) is 12.3 Å². The molecule has 5 nitrogen and oxygen atoms in total. The second-order valence-corrected chi connectivity index (χ2v) is 9.81. The summed E-state index contributed by atoms with van der Waals surface area (Å²) in [6, 6.07) is 10.5. The zero-order chi connectivity index (χ0) is 19.8. The average Bonchev–Trinajstić information content (AvgIpc) is 3.27. The SMILES string of the molecule is C=CC(=O)N1Cc2sc(I)cc2C(c2ccccc2-c2cn(CC)nc2N)C1. The van der Waals surface area contributed by atoms with Gasteiger partial charge in [0.05, 0.1) is 9.43 Å². The van der Waals surface area contributed by atoms with Gasteiger partial charge in [0.2, 0.25) is 5.91 Å². The number of benzene rings is 1. The Morgan fingerprint density at radius 1 is 1.39 bits per heavy atom. The van der Waals surface area contributed by atoms with Crippen LogP contribution in [0.5, 0.6) is 0 Å². The Morgan fingerprint density at radius 2 is 2.18 bits per heavy atom. The number of hydrogen-bond acceptors (Lipinski definition) is 4. The van der Waals surface area contributed by atoms with E-state index in [0.29, 0.717) is 18.9 Å². The first-order chi connectivity index (χ1) is 13.5. The predicted molar refractivity (Wildman–Crippen MR) is 122 cm³/mol. The molecule has 0 saturated carbocycles. The Bertz CT molecular complexity index is 1050. The number of carbonyl (C=O) groups excluding carboxylic acids is 1. The molecule has 0 saturated heterocycles. The normalized spacial score (nSPS) is 16.1. The number of nitrogen functional groups attached to an aromatic ring is 1. The van der Waals surface area contributed by atoms with E-state index in [0.717, 1.165) is 17.7 Å². The Labute approximate surface area is 182 Å². The highest BCUT2D eigenvalue weighted by Gasteiger charge is 2.32. The second kappa shape index (κ2) is 7.71. The van der Waals surface area contributed by atoms with Crippen molar-refractivity contribution in [2.45, 2.75) is 25.9 Å². The summed E-state index contributed by atoms with van der Waals surface area (Å²) in [5.74, 6) is 0.590. The van der Waals surface area contributed by atoms with Gasteiger partial charge in [0.15, 0.2) is 5.82 Å². The number of halogens is 1. The minimum atomic E-state index is -0.0325. The molecule has 4 rings (SSSR count). The Kier molecular flexibility index (Phi) is 5.29. The fraction of sp³-hybridized carbons (Fsp3) is 0.238. The van der Waals surface area contributed by atoms with Crippen LogP contribution in [0, 0.1) is 2.88 Å².